The van der Waals surface area contributed by atoms with Crippen LogP contribution in [0.5, 0.6) is 0 Å². The predicted molar refractivity (Wildman–Crippen MR) is 69.6 cm³/mol. The first-order chi connectivity index (χ1) is 7.76. The molecule has 0 aliphatic carbocycles. The molecule has 0 bridgehead atoms. The number of aromatic nitrogens is 1. The number of H-pyrrole nitrogens is 1. The third-order valence-corrected chi connectivity index (χ3v) is 3.27. The molecule has 2 aromatic rings. The Labute approximate surface area is 96.9 Å². The molecule has 1 heterocycles. The molecule has 0 unspecified atom stereocenters. The topological polar surface area (TPSA) is 41.8 Å². The minimum Gasteiger partial charge on any atom is -0.361 e. The lowest BCUT2D eigenvalue weighted by molar-refractivity contribution is 0.648. The van der Waals surface area contributed by atoms with Gasteiger partial charge in [0.05, 0.1) is 0 Å². The highest BCUT2D eigenvalue weighted by Gasteiger charge is 2.08. The fourth-order valence-corrected chi connectivity index (χ4v) is 2.17. The van der Waals surface area contributed by atoms with Gasteiger partial charge in [-0.05, 0) is 30.4 Å². The number of nitrogens with two attached hydrogens (primary N) is 1. The molecule has 0 spiro atoms. The van der Waals surface area contributed by atoms with Gasteiger partial charge in [-0.15, -0.1) is 0 Å². The van der Waals surface area contributed by atoms with Crippen LogP contribution in [-0.4, -0.2) is 11.0 Å². The Morgan fingerprint density at radius 2 is 2.06 bits per heavy atom. The van der Waals surface area contributed by atoms with Crippen molar-refractivity contribution < 1.29 is 0 Å². The van der Waals surface area contributed by atoms with Gasteiger partial charge in [0, 0.05) is 23.1 Å². The lowest BCUT2D eigenvalue weighted by Gasteiger charge is -2.07. The molecule has 2 rings (SSSR count). The van der Waals surface area contributed by atoms with E-state index in [1.54, 1.807) is 0 Å². The summed E-state index contributed by atoms with van der Waals surface area (Å²) in [6, 6.07) is 6.77. The summed E-state index contributed by atoms with van der Waals surface area (Å²) in [6.45, 7) is 4.32. The van der Waals surface area contributed by atoms with Crippen LogP contribution in [0.3, 0.4) is 0 Å². The van der Waals surface area contributed by atoms with Gasteiger partial charge in [-0.3, -0.25) is 0 Å². The number of para-hydroxylation sites is 1. The molecule has 86 valence electrons. The molecule has 0 saturated heterocycles. The number of rotatable bonds is 4. The van der Waals surface area contributed by atoms with Gasteiger partial charge < -0.3 is 10.7 Å². The summed E-state index contributed by atoms with van der Waals surface area (Å²) in [5, 5.41) is 1.34. The van der Waals surface area contributed by atoms with Crippen molar-refractivity contribution in [2.24, 2.45) is 5.73 Å². The van der Waals surface area contributed by atoms with Gasteiger partial charge in [-0.2, -0.15) is 0 Å². The van der Waals surface area contributed by atoms with Crippen molar-refractivity contribution in [3.05, 3.63) is 35.5 Å². The van der Waals surface area contributed by atoms with Crippen LogP contribution < -0.4 is 5.73 Å². The van der Waals surface area contributed by atoms with E-state index >= 15 is 0 Å². The highest BCUT2D eigenvalue weighted by molar-refractivity contribution is 5.86. The monoisotopic (exact) mass is 216 g/mol. The predicted octanol–water partition coefficient (Wildman–Crippen LogP) is 3.01. The largest absolute Gasteiger partial charge is 0.361 e. The summed E-state index contributed by atoms with van der Waals surface area (Å²) in [7, 11) is 0. The molecule has 2 nitrogen and oxygen atoms in total. The molecule has 3 N–H and O–H groups in total. The lowest BCUT2D eigenvalue weighted by Crippen LogP contribution is -2.21. The summed E-state index contributed by atoms with van der Waals surface area (Å²) in [6.07, 6.45) is 5.17. The summed E-state index contributed by atoms with van der Waals surface area (Å²) in [5.41, 5.74) is 10.0. The highest BCUT2D eigenvalue weighted by Crippen LogP contribution is 2.23. The Morgan fingerprint density at radius 3 is 2.75 bits per heavy atom. The molecule has 1 aromatic heterocycles. The average Bonchev–Trinajstić information content (AvgIpc) is 2.72. The zero-order chi connectivity index (χ0) is 11.5. The van der Waals surface area contributed by atoms with Crippen molar-refractivity contribution in [3.63, 3.8) is 0 Å². The van der Waals surface area contributed by atoms with Gasteiger partial charge in [-0.1, -0.05) is 32.0 Å². The molecule has 0 amide bonds. The van der Waals surface area contributed by atoms with Crippen molar-refractivity contribution in [2.75, 3.05) is 0 Å². The second-order valence-electron chi connectivity index (χ2n) is 4.38. The van der Waals surface area contributed by atoms with E-state index in [0.29, 0.717) is 0 Å². The molecular weight excluding hydrogens is 196 g/mol. The Hall–Kier alpha value is -1.28. The van der Waals surface area contributed by atoms with Crippen LogP contribution in [0.25, 0.3) is 10.9 Å². The summed E-state index contributed by atoms with van der Waals surface area (Å²) >= 11 is 0. The molecule has 0 saturated carbocycles. The second-order valence-corrected chi connectivity index (χ2v) is 4.38. The molecule has 0 aliphatic heterocycles. The standard InChI is InChI=1S/C14H20N2/c1-3-10-6-5-7-13-11(8-12(15)4-2)9-16-14(10)13/h5-7,9,12,16H,3-4,8,15H2,1-2H3/t12-/m0/s1. The van der Waals surface area contributed by atoms with E-state index in [2.05, 4.69) is 43.2 Å². The number of hydrogen-bond acceptors (Lipinski definition) is 1. The Kier molecular flexibility index (Phi) is 3.30. The van der Waals surface area contributed by atoms with E-state index in [9.17, 15) is 0 Å². The minimum atomic E-state index is 0.268. The van der Waals surface area contributed by atoms with E-state index in [1.165, 1.54) is 22.0 Å². The number of aryl methyl sites for hydroxylation is 1. The Morgan fingerprint density at radius 1 is 1.25 bits per heavy atom. The average molecular weight is 216 g/mol. The van der Waals surface area contributed by atoms with E-state index < -0.39 is 0 Å². The molecule has 0 aliphatic rings. The Balaban J connectivity index is 2.41. The fourth-order valence-electron chi connectivity index (χ4n) is 2.17. The number of fused-ring (bicyclic) bond motifs is 1. The zero-order valence-corrected chi connectivity index (χ0v) is 10.1. The van der Waals surface area contributed by atoms with E-state index in [4.69, 9.17) is 5.73 Å². The van der Waals surface area contributed by atoms with Crippen LogP contribution in [-0.2, 0) is 12.8 Å². The van der Waals surface area contributed by atoms with Gasteiger partial charge in [0.1, 0.15) is 0 Å². The van der Waals surface area contributed by atoms with E-state index in [-0.39, 0.29) is 6.04 Å². The van der Waals surface area contributed by atoms with E-state index in [1.807, 2.05) is 0 Å². The normalized spacial score (nSPS) is 13.2. The Bertz CT molecular complexity index is 471. The first-order valence-corrected chi connectivity index (χ1v) is 6.09. The van der Waals surface area contributed by atoms with Crippen LogP contribution in [0, 0.1) is 0 Å². The molecular formula is C14H20N2. The van der Waals surface area contributed by atoms with E-state index in [0.717, 1.165) is 19.3 Å². The fraction of sp³-hybridized carbons (Fsp3) is 0.429. The molecule has 0 fully saturated rings. The molecule has 1 atom stereocenters. The van der Waals surface area contributed by atoms with Crippen LogP contribution in [0.1, 0.15) is 31.4 Å². The second kappa shape index (κ2) is 4.71. The van der Waals surface area contributed by atoms with Gasteiger partial charge >= 0.3 is 0 Å². The van der Waals surface area contributed by atoms with Crippen molar-refractivity contribution in [1.29, 1.82) is 0 Å². The number of nitrogens with one attached hydrogen (secondary N) is 1. The first-order valence-electron chi connectivity index (χ1n) is 6.09. The van der Waals surface area contributed by atoms with Gasteiger partial charge in [0.25, 0.3) is 0 Å². The highest BCUT2D eigenvalue weighted by atomic mass is 14.7. The third-order valence-electron chi connectivity index (χ3n) is 3.27. The SMILES string of the molecule is CCc1cccc2c(C[C@@H](N)CC)c[nH]c12. The maximum atomic E-state index is 6.01. The smallest absolute Gasteiger partial charge is 0.0489 e. The van der Waals surface area contributed by atoms with Gasteiger partial charge in [0.15, 0.2) is 0 Å². The van der Waals surface area contributed by atoms with Crippen LogP contribution in [0.2, 0.25) is 0 Å². The van der Waals surface area contributed by atoms with Crippen molar-refractivity contribution >= 4 is 10.9 Å². The third kappa shape index (κ3) is 1.98. The summed E-state index contributed by atoms with van der Waals surface area (Å²) < 4.78 is 0. The van der Waals surface area contributed by atoms with Gasteiger partial charge in [0.2, 0.25) is 0 Å². The quantitative estimate of drug-likeness (QED) is 0.810. The summed E-state index contributed by atoms with van der Waals surface area (Å²) in [4.78, 5) is 3.38. The van der Waals surface area contributed by atoms with Crippen molar-refractivity contribution in [1.82, 2.24) is 4.98 Å². The first kappa shape index (κ1) is 11.2. The molecule has 2 heteroatoms. The van der Waals surface area contributed by atoms with Crippen molar-refractivity contribution in [2.45, 2.75) is 39.2 Å². The van der Waals surface area contributed by atoms with Crippen LogP contribution in [0.15, 0.2) is 24.4 Å². The maximum absolute atomic E-state index is 6.01. The molecule has 1 aromatic carbocycles. The summed E-state index contributed by atoms with van der Waals surface area (Å²) in [5.74, 6) is 0. The lowest BCUT2D eigenvalue weighted by atomic mass is 10.0. The number of benzene rings is 1. The van der Waals surface area contributed by atoms with Crippen molar-refractivity contribution in [3.8, 4) is 0 Å². The molecule has 0 radical (unpaired) electrons. The number of aromatic amines is 1. The maximum Gasteiger partial charge on any atom is 0.0489 e. The van der Waals surface area contributed by atoms with Crippen LogP contribution in [0.4, 0.5) is 0 Å². The number of hydrogen-bond donors (Lipinski definition) is 2. The minimum absolute atomic E-state index is 0.268. The van der Waals surface area contributed by atoms with Gasteiger partial charge in [-0.25, -0.2) is 0 Å². The zero-order valence-electron chi connectivity index (χ0n) is 10.1. The molecule has 16 heavy (non-hydrogen) atoms. The van der Waals surface area contributed by atoms with Crippen LogP contribution >= 0.6 is 0 Å².